The van der Waals surface area contributed by atoms with Crippen molar-refractivity contribution in [2.45, 2.75) is 90.4 Å². The van der Waals surface area contributed by atoms with Gasteiger partial charge in [-0.15, -0.1) is 0 Å². The highest BCUT2D eigenvalue weighted by molar-refractivity contribution is 5.70. The summed E-state index contributed by atoms with van der Waals surface area (Å²) in [6.45, 7) is 7.98. The number of hydrogen-bond acceptors (Lipinski definition) is 5. The molecule has 0 spiro atoms. The first-order chi connectivity index (χ1) is 10.3. The summed E-state index contributed by atoms with van der Waals surface area (Å²) in [5.41, 5.74) is -0.451. The average Bonchev–Trinajstić information content (AvgIpc) is 2.87. The molecule has 0 bridgehead atoms. The van der Waals surface area contributed by atoms with E-state index >= 15 is 0 Å². The fraction of sp³-hybridized carbons (Fsp3) is 0.882. The van der Waals surface area contributed by atoms with Crippen LogP contribution in [0.2, 0.25) is 0 Å². The lowest BCUT2D eigenvalue weighted by atomic mass is 10.1. The Morgan fingerprint density at radius 2 is 1.64 bits per heavy atom. The van der Waals surface area contributed by atoms with Gasteiger partial charge in [0.2, 0.25) is 0 Å². The Morgan fingerprint density at radius 3 is 2.18 bits per heavy atom. The second-order valence-corrected chi connectivity index (χ2v) is 6.84. The van der Waals surface area contributed by atoms with Gasteiger partial charge in [-0.25, -0.2) is 0 Å². The van der Waals surface area contributed by atoms with Gasteiger partial charge in [0, 0.05) is 12.8 Å². The molecular weight excluding hydrogens is 284 g/mol. The molecule has 1 rings (SSSR count). The summed E-state index contributed by atoms with van der Waals surface area (Å²) >= 11 is 0. The summed E-state index contributed by atoms with van der Waals surface area (Å²) < 4.78 is 16.2. The number of ether oxygens (including phenoxy) is 3. The van der Waals surface area contributed by atoms with Crippen LogP contribution < -0.4 is 0 Å². The van der Waals surface area contributed by atoms with E-state index in [1.807, 2.05) is 20.8 Å². The number of hydrogen-bond donors (Lipinski definition) is 0. The maximum Gasteiger partial charge on any atom is 0.306 e. The van der Waals surface area contributed by atoms with Crippen LogP contribution >= 0.6 is 0 Å². The minimum atomic E-state index is -0.451. The van der Waals surface area contributed by atoms with E-state index in [4.69, 9.17) is 14.2 Å². The van der Waals surface area contributed by atoms with Gasteiger partial charge in [0.05, 0.1) is 12.2 Å². The Labute approximate surface area is 133 Å². The van der Waals surface area contributed by atoms with Gasteiger partial charge in [0.1, 0.15) is 12.2 Å². The molecule has 22 heavy (non-hydrogen) atoms. The molecule has 0 radical (unpaired) electrons. The smallest absolute Gasteiger partial charge is 0.306 e. The van der Waals surface area contributed by atoms with Crippen LogP contribution in [-0.4, -0.2) is 36.4 Å². The fourth-order valence-corrected chi connectivity index (χ4v) is 2.39. The molecule has 0 amide bonds. The zero-order valence-corrected chi connectivity index (χ0v) is 14.4. The third-order valence-electron chi connectivity index (χ3n) is 3.51. The summed E-state index contributed by atoms with van der Waals surface area (Å²) in [5.74, 6) is -0.432. The van der Waals surface area contributed by atoms with Crippen LogP contribution in [0.4, 0.5) is 0 Å². The van der Waals surface area contributed by atoms with Crippen LogP contribution in [0.15, 0.2) is 0 Å². The van der Waals surface area contributed by atoms with E-state index in [-0.39, 0.29) is 18.0 Å². The quantitative estimate of drug-likeness (QED) is 0.507. The predicted octanol–water partition coefficient (Wildman–Crippen LogP) is 3.39. The second kappa shape index (κ2) is 9.13. The summed E-state index contributed by atoms with van der Waals surface area (Å²) in [5, 5.41) is 0. The lowest BCUT2D eigenvalue weighted by Crippen LogP contribution is -2.23. The van der Waals surface area contributed by atoms with Crippen molar-refractivity contribution in [1.29, 1.82) is 0 Å². The molecule has 1 heterocycles. The average molecular weight is 314 g/mol. The molecule has 0 aromatic carbocycles. The Bertz CT molecular complexity index is 359. The topological polar surface area (TPSA) is 61.8 Å². The number of carbonyl (C=O) groups excluding carboxylic acids is 2. The third kappa shape index (κ3) is 8.37. The zero-order chi connectivity index (χ0) is 16.6. The van der Waals surface area contributed by atoms with Gasteiger partial charge in [0.15, 0.2) is 0 Å². The highest BCUT2D eigenvalue weighted by Gasteiger charge is 2.24. The fourth-order valence-electron chi connectivity index (χ4n) is 2.39. The van der Waals surface area contributed by atoms with Crippen molar-refractivity contribution < 1.29 is 23.8 Å². The first-order valence-corrected chi connectivity index (χ1v) is 8.33. The molecule has 0 aliphatic carbocycles. The van der Waals surface area contributed by atoms with Crippen LogP contribution in [0.1, 0.15) is 72.6 Å². The van der Waals surface area contributed by atoms with Gasteiger partial charge in [-0.2, -0.15) is 0 Å². The molecule has 0 aromatic rings. The van der Waals surface area contributed by atoms with Gasteiger partial charge >= 0.3 is 11.9 Å². The first-order valence-electron chi connectivity index (χ1n) is 8.33. The Balaban J connectivity index is 2.03. The van der Waals surface area contributed by atoms with Crippen LogP contribution in [0.3, 0.4) is 0 Å². The van der Waals surface area contributed by atoms with Gasteiger partial charge in [-0.1, -0.05) is 6.92 Å². The van der Waals surface area contributed by atoms with Gasteiger partial charge in [0.25, 0.3) is 0 Å². The van der Waals surface area contributed by atoms with Crippen LogP contribution in [0.25, 0.3) is 0 Å². The van der Waals surface area contributed by atoms with Gasteiger partial charge in [-0.05, 0) is 52.9 Å². The molecule has 0 unspecified atom stereocenters. The first kappa shape index (κ1) is 18.9. The molecular formula is C17H30O5. The van der Waals surface area contributed by atoms with Crippen LogP contribution in [-0.2, 0) is 23.8 Å². The maximum absolute atomic E-state index is 11.6. The van der Waals surface area contributed by atoms with E-state index in [0.717, 1.165) is 19.3 Å². The number of carbonyl (C=O) groups is 2. The van der Waals surface area contributed by atoms with Crippen molar-refractivity contribution in [2.75, 3.05) is 6.61 Å². The second-order valence-electron chi connectivity index (χ2n) is 6.84. The molecule has 5 heteroatoms. The molecule has 0 N–H and O–H groups in total. The van der Waals surface area contributed by atoms with Gasteiger partial charge in [-0.3, -0.25) is 9.59 Å². The van der Waals surface area contributed by atoms with Crippen molar-refractivity contribution in [2.24, 2.45) is 0 Å². The van der Waals surface area contributed by atoms with Gasteiger partial charge < -0.3 is 14.2 Å². The molecule has 1 aliphatic rings. The minimum absolute atomic E-state index is 0.0515. The van der Waals surface area contributed by atoms with E-state index in [1.54, 1.807) is 0 Å². The lowest BCUT2D eigenvalue weighted by Gasteiger charge is -2.19. The van der Waals surface area contributed by atoms with E-state index < -0.39 is 5.60 Å². The minimum Gasteiger partial charge on any atom is -0.463 e. The van der Waals surface area contributed by atoms with Crippen molar-refractivity contribution >= 4 is 11.9 Å². The molecule has 5 nitrogen and oxygen atoms in total. The standard InChI is InChI=1S/C17H30O5/c1-5-13-10-11-14(21-13)12-20-15(18)8-6-7-9-16(19)22-17(2,3)4/h13-14H,5-12H2,1-4H3/t13-,14+/m0/s1. The molecule has 1 aliphatic heterocycles. The van der Waals surface area contributed by atoms with E-state index in [2.05, 4.69) is 6.92 Å². The highest BCUT2D eigenvalue weighted by atomic mass is 16.6. The summed E-state index contributed by atoms with van der Waals surface area (Å²) in [7, 11) is 0. The summed E-state index contributed by atoms with van der Waals surface area (Å²) in [6.07, 6.45) is 5.35. The van der Waals surface area contributed by atoms with Crippen LogP contribution in [0, 0.1) is 0 Å². The van der Waals surface area contributed by atoms with E-state index in [9.17, 15) is 9.59 Å². The zero-order valence-electron chi connectivity index (χ0n) is 14.4. The largest absolute Gasteiger partial charge is 0.463 e. The molecule has 2 atom stereocenters. The maximum atomic E-state index is 11.6. The summed E-state index contributed by atoms with van der Waals surface area (Å²) in [6, 6.07) is 0. The highest BCUT2D eigenvalue weighted by Crippen LogP contribution is 2.22. The van der Waals surface area contributed by atoms with Crippen LogP contribution in [0.5, 0.6) is 0 Å². The molecule has 0 aromatic heterocycles. The molecule has 1 fully saturated rings. The SMILES string of the molecule is CC[C@H]1CC[C@H](COC(=O)CCCCC(=O)OC(C)(C)C)O1. The molecule has 1 saturated heterocycles. The summed E-state index contributed by atoms with van der Waals surface area (Å²) in [4.78, 5) is 23.1. The Hall–Kier alpha value is -1.10. The predicted molar refractivity (Wildman–Crippen MR) is 83.5 cm³/mol. The van der Waals surface area contributed by atoms with Crippen molar-refractivity contribution in [1.82, 2.24) is 0 Å². The monoisotopic (exact) mass is 314 g/mol. The lowest BCUT2D eigenvalue weighted by molar-refractivity contribution is -0.155. The molecule has 128 valence electrons. The van der Waals surface area contributed by atoms with Crippen molar-refractivity contribution in [3.05, 3.63) is 0 Å². The number of unbranched alkanes of at least 4 members (excludes halogenated alkanes) is 1. The van der Waals surface area contributed by atoms with E-state index in [1.165, 1.54) is 0 Å². The molecule has 0 saturated carbocycles. The number of esters is 2. The van der Waals surface area contributed by atoms with Crippen molar-refractivity contribution in [3.63, 3.8) is 0 Å². The number of rotatable bonds is 8. The van der Waals surface area contributed by atoms with E-state index in [0.29, 0.717) is 38.4 Å². The Morgan fingerprint density at radius 1 is 1.05 bits per heavy atom. The normalized spacial score (nSPS) is 21.6. The third-order valence-corrected chi connectivity index (χ3v) is 3.51. The Kier molecular flexibility index (Phi) is 7.87. The van der Waals surface area contributed by atoms with Crippen molar-refractivity contribution in [3.8, 4) is 0 Å².